The van der Waals surface area contributed by atoms with Crippen LogP contribution < -0.4 is 40.6 Å². The van der Waals surface area contributed by atoms with Crippen LogP contribution >= 0.6 is 0 Å². The van der Waals surface area contributed by atoms with E-state index in [4.69, 9.17) is 5.73 Å². The van der Waals surface area contributed by atoms with Gasteiger partial charge in [-0.3, -0.25) is 9.59 Å². The molecule has 146 valence electrons. The van der Waals surface area contributed by atoms with Crippen molar-refractivity contribution in [2.24, 2.45) is 0 Å². The molecule has 0 amide bonds. The van der Waals surface area contributed by atoms with Crippen LogP contribution in [0.15, 0.2) is 59.5 Å². The maximum absolute atomic E-state index is 14.1. The number of fused-ring (bicyclic) bond motifs is 2. The molecule has 0 atom stereocenters. The summed E-state index contributed by atoms with van der Waals surface area (Å²) in [5.74, 6) is -1.98. The van der Waals surface area contributed by atoms with Gasteiger partial charge in [-0.25, -0.2) is 12.8 Å². The maximum Gasteiger partial charge on any atom is 1.00 e. The van der Waals surface area contributed by atoms with Crippen molar-refractivity contribution in [2.45, 2.75) is 4.90 Å². The van der Waals surface area contributed by atoms with Crippen molar-refractivity contribution in [2.75, 3.05) is 11.1 Å². The minimum absolute atomic E-state index is 0. The fourth-order valence-electron chi connectivity index (χ4n) is 3.31. The van der Waals surface area contributed by atoms with E-state index in [-0.39, 0.29) is 57.6 Å². The number of nitrogen functional groups attached to an aromatic ring is 1. The predicted molar refractivity (Wildman–Crippen MR) is 102 cm³/mol. The van der Waals surface area contributed by atoms with Gasteiger partial charge in [0.2, 0.25) is 0 Å². The van der Waals surface area contributed by atoms with Crippen LogP contribution in [0.2, 0.25) is 0 Å². The Kier molecular flexibility index (Phi) is 5.85. The van der Waals surface area contributed by atoms with Gasteiger partial charge in [-0.1, -0.05) is 36.4 Å². The molecular weight excluding hydrogens is 422 g/mol. The number of carbonyl (C=O) groups is 2. The molecule has 0 heterocycles. The standard InChI is InChI=1S/C20H13FN2O5S.Na/c21-12-7-3-4-8-13(12)23-14-9-15(29(26,27)28)18(22)17-16(14)19(24)10-5-1-2-6-11(10)20(17)25;/h1-9,23H,22H2,(H,26,27,28);/q;+1/p-1. The monoisotopic (exact) mass is 434 g/mol. The predicted octanol–water partition coefficient (Wildman–Crippen LogP) is -0.165. The normalized spacial score (nSPS) is 12.6. The Morgan fingerprint density at radius 2 is 1.40 bits per heavy atom. The number of nitrogens with two attached hydrogens (primary N) is 1. The molecule has 0 saturated heterocycles. The molecule has 1 aliphatic carbocycles. The van der Waals surface area contributed by atoms with E-state index in [1.807, 2.05) is 0 Å². The number of carbonyl (C=O) groups excluding carboxylic acids is 2. The van der Waals surface area contributed by atoms with Gasteiger partial charge >= 0.3 is 29.6 Å². The molecule has 0 saturated carbocycles. The summed E-state index contributed by atoms with van der Waals surface area (Å²) in [5.41, 5.74) is 4.46. The van der Waals surface area contributed by atoms with E-state index in [0.29, 0.717) is 0 Å². The summed E-state index contributed by atoms with van der Waals surface area (Å²) < 4.78 is 49.2. The number of hydrogen-bond acceptors (Lipinski definition) is 7. The van der Waals surface area contributed by atoms with Gasteiger partial charge in [0.05, 0.1) is 33.1 Å². The van der Waals surface area contributed by atoms with Crippen LogP contribution in [-0.2, 0) is 10.1 Å². The molecule has 0 bridgehead atoms. The minimum Gasteiger partial charge on any atom is -0.744 e. The number of halogens is 1. The quantitative estimate of drug-likeness (QED) is 0.260. The summed E-state index contributed by atoms with van der Waals surface area (Å²) in [6.07, 6.45) is 0. The SMILES string of the molecule is Nc1c(S(=O)(=O)[O-])cc(Nc2ccccc2F)c2c1C(=O)c1ccccc1C2=O.[Na+]. The second-order valence-electron chi connectivity index (χ2n) is 6.35. The van der Waals surface area contributed by atoms with Gasteiger partial charge in [-0.05, 0) is 18.2 Å². The summed E-state index contributed by atoms with van der Waals surface area (Å²) in [7, 11) is -5.08. The summed E-state index contributed by atoms with van der Waals surface area (Å²) >= 11 is 0. The molecule has 0 unspecified atom stereocenters. The Hall–Kier alpha value is -2.56. The number of ketones is 2. The van der Waals surface area contributed by atoms with Crippen LogP contribution in [0.25, 0.3) is 0 Å². The Morgan fingerprint density at radius 3 is 1.97 bits per heavy atom. The number of hydrogen-bond donors (Lipinski definition) is 2. The zero-order chi connectivity index (χ0) is 20.9. The average molecular weight is 434 g/mol. The van der Waals surface area contributed by atoms with Crippen molar-refractivity contribution >= 4 is 38.7 Å². The number of para-hydroxylation sites is 1. The van der Waals surface area contributed by atoms with Crippen molar-refractivity contribution in [3.05, 3.63) is 82.7 Å². The van der Waals surface area contributed by atoms with Crippen molar-refractivity contribution in [3.8, 4) is 0 Å². The van der Waals surface area contributed by atoms with Gasteiger partial charge in [-0.2, -0.15) is 0 Å². The number of nitrogens with one attached hydrogen (secondary N) is 1. The summed E-state index contributed by atoms with van der Waals surface area (Å²) in [5, 5.41) is 2.61. The molecule has 0 fully saturated rings. The van der Waals surface area contributed by atoms with E-state index in [1.165, 1.54) is 36.4 Å². The van der Waals surface area contributed by atoms with Crippen LogP contribution in [0, 0.1) is 5.82 Å². The first kappa shape index (κ1) is 22.1. The fourth-order valence-corrected chi connectivity index (χ4v) is 3.94. The number of benzene rings is 3. The molecule has 10 heteroatoms. The average Bonchev–Trinajstić information content (AvgIpc) is 2.68. The molecule has 4 rings (SSSR count). The van der Waals surface area contributed by atoms with Gasteiger partial charge in [0, 0.05) is 11.1 Å². The smallest absolute Gasteiger partial charge is 0.744 e. The first-order chi connectivity index (χ1) is 13.7. The van der Waals surface area contributed by atoms with Crippen LogP contribution in [0.5, 0.6) is 0 Å². The maximum atomic E-state index is 14.1. The van der Waals surface area contributed by atoms with E-state index in [1.54, 1.807) is 6.07 Å². The van der Waals surface area contributed by atoms with E-state index >= 15 is 0 Å². The van der Waals surface area contributed by atoms with Gasteiger partial charge in [0.1, 0.15) is 15.9 Å². The third-order valence-corrected chi connectivity index (χ3v) is 5.49. The van der Waals surface area contributed by atoms with Crippen LogP contribution in [0.1, 0.15) is 31.8 Å². The zero-order valence-electron chi connectivity index (χ0n) is 15.6. The van der Waals surface area contributed by atoms with Crippen LogP contribution in [0.3, 0.4) is 0 Å². The van der Waals surface area contributed by atoms with E-state index in [0.717, 1.165) is 12.1 Å². The molecule has 3 aromatic carbocycles. The van der Waals surface area contributed by atoms with E-state index in [2.05, 4.69) is 5.32 Å². The molecule has 1 aliphatic rings. The third kappa shape index (κ3) is 3.55. The van der Waals surface area contributed by atoms with Crippen molar-refractivity contribution < 1.29 is 56.5 Å². The number of anilines is 3. The first-order valence-electron chi connectivity index (χ1n) is 8.32. The Balaban J connectivity index is 0.00000256. The van der Waals surface area contributed by atoms with Crippen molar-refractivity contribution in [1.82, 2.24) is 0 Å². The summed E-state index contributed by atoms with van der Waals surface area (Å²) in [4.78, 5) is 25.2. The minimum atomic E-state index is -5.08. The Morgan fingerprint density at radius 1 is 0.867 bits per heavy atom. The van der Waals surface area contributed by atoms with E-state index < -0.39 is 43.6 Å². The largest absolute Gasteiger partial charge is 1.00 e. The van der Waals surface area contributed by atoms with Gasteiger partial charge in [0.25, 0.3) is 0 Å². The van der Waals surface area contributed by atoms with Crippen molar-refractivity contribution in [3.63, 3.8) is 0 Å². The molecule has 7 nitrogen and oxygen atoms in total. The second-order valence-corrected chi connectivity index (χ2v) is 7.70. The van der Waals surface area contributed by atoms with Gasteiger partial charge < -0.3 is 15.6 Å². The zero-order valence-corrected chi connectivity index (χ0v) is 18.4. The molecule has 3 N–H and O–H groups in total. The van der Waals surface area contributed by atoms with E-state index in [9.17, 15) is 27.0 Å². The second kappa shape index (κ2) is 7.93. The first-order valence-corrected chi connectivity index (χ1v) is 9.73. The molecule has 0 radical (unpaired) electrons. The third-order valence-electron chi connectivity index (χ3n) is 4.61. The molecule has 30 heavy (non-hydrogen) atoms. The van der Waals surface area contributed by atoms with Gasteiger partial charge in [-0.15, -0.1) is 0 Å². The van der Waals surface area contributed by atoms with Crippen LogP contribution in [-0.4, -0.2) is 24.5 Å². The van der Waals surface area contributed by atoms with Crippen LogP contribution in [0.4, 0.5) is 21.5 Å². The fraction of sp³-hybridized carbons (Fsp3) is 0. The summed E-state index contributed by atoms with van der Waals surface area (Å²) in [6, 6.07) is 12.3. The molecule has 0 aliphatic heterocycles. The van der Waals surface area contributed by atoms with Gasteiger partial charge in [0.15, 0.2) is 11.6 Å². The molecule has 3 aromatic rings. The molecule has 0 spiro atoms. The summed E-state index contributed by atoms with van der Waals surface area (Å²) in [6.45, 7) is 0. The van der Waals surface area contributed by atoms with Crippen molar-refractivity contribution in [1.29, 1.82) is 0 Å². The topological polar surface area (TPSA) is 129 Å². The Labute approximate surface area is 193 Å². The number of rotatable bonds is 3. The molecular formula is C20H12FN2NaO5S. The Bertz CT molecular complexity index is 1320. The molecule has 0 aromatic heterocycles.